The van der Waals surface area contributed by atoms with Crippen molar-refractivity contribution in [2.45, 2.75) is 44.9 Å². The number of anilines is 1. The SMILES string of the molecule is O=C1CCCCCCC12CCN(c1ccccc1)C2=O. The molecule has 1 amide bonds. The van der Waals surface area contributed by atoms with Crippen LogP contribution in [0.5, 0.6) is 0 Å². The van der Waals surface area contributed by atoms with Gasteiger partial charge in [-0.2, -0.15) is 0 Å². The summed E-state index contributed by atoms with van der Waals surface area (Å²) in [5.41, 5.74) is 0.209. The Labute approximate surface area is 120 Å². The molecule has 1 spiro atoms. The van der Waals surface area contributed by atoms with Crippen molar-refractivity contribution >= 4 is 17.4 Å². The molecule has 1 heterocycles. The molecule has 1 aliphatic heterocycles. The zero-order valence-corrected chi connectivity index (χ0v) is 11.8. The molecule has 3 nitrogen and oxygen atoms in total. The quantitative estimate of drug-likeness (QED) is 0.735. The molecule has 1 atom stereocenters. The van der Waals surface area contributed by atoms with E-state index in [1.54, 1.807) is 4.90 Å². The molecule has 1 aromatic rings. The lowest BCUT2D eigenvalue weighted by atomic mass is 9.74. The fraction of sp³-hybridized carbons (Fsp3) is 0.529. The molecule has 20 heavy (non-hydrogen) atoms. The molecule has 0 bridgehead atoms. The van der Waals surface area contributed by atoms with Crippen LogP contribution in [-0.4, -0.2) is 18.2 Å². The first-order valence-electron chi connectivity index (χ1n) is 7.64. The molecule has 3 rings (SSSR count). The summed E-state index contributed by atoms with van der Waals surface area (Å²) in [6, 6.07) is 9.72. The average molecular weight is 271 g/mol. The van der Waals surface area contributed by atoms with Crippen LogP contribution in [0.25, 0.3) is 0 Å². The predicted molar refractivity (Wildman–Crippen MR) is 78.6 cm³/mol. The van der Waals surface area contributed by atoms with Crippen LogP contribution in [-0.2, 0) is 9.59 Å². The molecule has 2 fully saturated rings. The number of carbonyl (C=O) groups is 2. The number of rotatable bonds is 1. The van der Waals surface area contributed by atoms with Gasteiger partial charge in [0.15, 0.2) is 0 Å². The molecular formula is C17H21NO2. The standard InChI is InChI=1S/C17H21NO2/c19-15-10-6-1-2-7-11-17(15)12-13-18(16(17)20)14-8-4-3-5-9-14/h3-5,8-9H,1-2,6-7,10-13H2. The van der Waals surface area contributed by atoms with Gasteiger partial charge in [-0.15, -0.1) is 0 Å². The number of hydrogen-bond donors (Lipinski definition) is 0. The van der Waals surface area contributed by atoms with Crippen LogP contribution in [0.3, 0.4) is 0 Å². The lowest BCUT2D eigenvalue weighted by molar-refractivity contribution is -0.139. The first kappa shape index (κ1) is 13.3. The van der Waals surface area contributed by atoms with Crippen molar-refractivity contribution in [2.75, 3.05) is 11.4 Å². The van der Waals surface area contributed by atoms with Crippen LogP contribution in [0.15, 0.2) is 30.3 Å². The van der Waals surface area contributed by atoms with Crippen LogP contribution in [0.4, 0.5) is 5.69 Å². The van der Waals surface area contributed by atoms with Gasteiger partial charge in [-0.05, 0) is 31.4 Å². The summed E-state index contributed by atoms with van der Waals surface area (Å²) < 4.78 is 0. The number of carbonyl (C=O) groups excluding carboxylic acids is 2. The topological polar surface area (TPSA) is 37.4 Å². The Bertz CT molecular complexity index is 511. The number of benzene rings is 1. The van der Waals surface area contributed by atoms with Gasteiger partial charge in [0.1, 0.15) is 11.2 Å². The Balaban J connectivity index is 1.88. The van der Waals surface area contributed by atoms with Crippen molar-refractivity contribution in [3.63, 3.8) is 0 Å². The number of nitrogens with zero attached hydrogens (tertiary/aromatic N) is 1. The third-order valence-corrected chi connectivity index (χ3v) is 4.78. The summed E-state index contributed by atoms with van der Waals surface area (Å²) >= 11 is 0. The number of para-hydroxylation sites is 1. The van der Waals surface area contributed by atoms with Crippen molar-refractivity contribution in [1.29, 1.82) is 0 Å². The Morgan fingerprint density at radius 1 is 0.900 bits per heavy atom. The van der Waals surface area contributed by atoms with Crippen molar-refractivity contribution < 1.29 is 9.59 Å². The summed E-state index contributed by atoms with van der Waals surface area (Å²) in [4.78, 5) is 27.2. The van der Waals surface area contributed by atoms with Crippen LogP contribution in [0, 0.1) is 5.41 Å². The number of ketones is 1. The first-order valence-corrected chi connectivity index (χ1v) is 7.64. The predicted octanol–water partition coefficient (Wildman–Crippen LogP) is 3.33. The summed E-state index contributed by atoms with van der Waals surface area (Å²) in [6.07, 6.45) is 6.23. The molecule has 1 saturated heterocycles. The molecule has 0 radical (unpaired) electrons. The van der Waals surface area contributed by atoms with Crippen LogP contribution in [0.1, 0.15) is 44.9 Å². The van der Waals surface area contributed by atoms with E-state index >= 15 is 0 Å². The van der Waals surface area contributed by atoms with Crippen molar-refractivity contribution in [3.05, 3.63) is 30.3 Å². The molecule has 1 saturated carbocycles. The number of amides is 1. The minimum Gasteiger partial charge on any atom is -0.312 e. The minimum absolute atomic E-state index is 0.0376. The van der Waals surface area contributed by atoms with E-state index in [0.717, 1.165) is 37.8 Å². The molecule has 0 aromatic heterocycles. The lowest BCUT2D eigenvalue weighted by Crippen LogP contribution is -2.41. The number of hydrogen-bond acceptors (Lipinski definition) is 2. The maximum atomic E-state index is 12.9. The van der Waals surface area contributed by atoms with Gasteiger partial charge in [-0.25, -0.2) is 0 Å². The van der Waals surface area contributed by atoms with Gasteiger partial charge in [-0.1, -0.05) is 37.5 Å². The van der Waals surface area contributed by atoms with Gasteiger partial charge in [-0.3, -0.25) is 9.59 Å². The maximum Gasteiger partial charge on any atom is 0.240 e. The van der Waals surface area contributed by atoms with Gasteiger partial charge in [0.05, 0.1) is 0 Å². The highest BCUT2D eigenvalue weighted by Crippen LogP contribution is 2.42. The monoisotopic (exact) mass is 271 g/mol. The van der Waals surface area contributed by atoms with E-state index in [1.165, 1.54) is 0 Å². The highest BCUT2D eigenvalue weighted by Gasteiger charge is 2.51. The van der Waals surface area contributed by atoms with E-state index < -0.39 is 5.41 Å². The summed E-state index contributed by atoms with van der Waals surface area (Å²) in [5, 5.41) is 0. The number of Topliss-reactive ketones (excluding diaryl/α,β-unsaturated/α-hetero) is 1. The highest BCUT2D eigenvalue weighted by atomic mass is 16.2. The molecule has 2 aliphatic rings. The second kappa shape index (κ2) is 5.39. The molecular weight excluding hydrogens is 250 g/mol. The van der Waals surface area contributed by atoms with Gasteiger partial charge in [0.25, 0.3) is 0 Å². The normalized spacial score (nSPS) is 27.7. The van der Waals surface area contributed by atoms with Crippen LogP contribution >= 0.6 is 0 Å². The van der Waals surface area contributed by atoms with Crippen molar-refractivity contribution in [3.8, 4) is 0 Å². The van der Waals surface area contributed by atoms with Gasteiger partial charge < -0.3 is 4.90 Å². The maximum absolute atomic E-state index is 12.9. The largest absolute Gasteiger partial charge is 0.312 e. The molecule has 106 valence electrons. The van der Waals surface area contributed by atoms with E-state index in [2.05, 4.69) is 0 Å². The van der Waals surface area contributed by atoms with Crippen LogP contribution < -0.4 is 4.90 Å². The lowest BCUT2D eigenvalue weighted by Gasteiger charge is -2.28. The van der Waals surface area contributed by atoms with E-state index in [-0.39, 0.29) is 11.7 Å². The smallest absolute Gasteiger partial charge is 0.240 e. The van der Waals surface area contributed by atoms with E-state index in [4.69, 9.17) is 0 Å². The van der Waals surface area contributed by atoms with E-state index in [0.29, 0.717) is 19.4 Å². The molecule has 0 N–H and O–H groups in total. The first-order chi connectivity index (χ1) is 9.74. The fourth-order valence-electron chi connectivity index (χ4n) is 3.56. The summed E-state index contributed by atoms with van der Waals surface area (Å²) in [7, 11) is 0. The second-order valence-electron chi connectivity index (χ2n) is 5.96. The summed E-state index contributed by atoms with van der Waals surface area (Å²) in [6.45, 7) is 0.675. The van der Waals surface area contributed by atoms with E-state index in [9.17, 15) is 9.59 Å². The molecule has 3 heteroatoms. The zero-order valence-electron chi connectivity index (χ0n) is 11.8. The molecule has 1 unspecified atom stereocenters. The average Bonchev–Trinajstić information content (AvgIpc) is 2.80. The van der Waals surface area contributed by atoms with Crippen molar-refractivity contribution in [1.82, 2.24) is 0 Å². The Morgan fingerprint density at radius 3 is 2.45 bits per heavy atom. The third kappa shape index (κ3) is 2.15. The Kier molecular flexibility index (Phi) is 3.60. The van der Waals surface area contributed by atoms with Gasteiger partial charge in [0.2, 0.25) is 5.91 Å². The second-order valence-corrected chi connectivity index (χ2v) is 5.96. The van der Waals surface area contributed by atoms with E-state index in [1.807, 2.05) is 30.3 Å². The Hall–Kier alpha value is -1.64. The molecule has 1 aliphatic carbocycles. The van der Waals surface area contributed by atoms with Crippen molar-refractivity contribution in [2.24, 2.45) is 5.41 Å². The fourth-order valence-corrected chi connectivity index (χ4v) is 3.56. The Morgan fingerprint density at radius 2 is 1.65 bits per heavy atom. The summed E-state index contributed by atoms with van der Waals surface area (Å²) in [5.74, 6) is 0.219. The van der Waals surface area contributed by atoms with Gasteiger partial charge in [0, 0.05) is 18.7 Å². The molecule has 1 aromatic carbocycles. The zero-order chi connectivity index (χ0) is 14.0. The van der Waals surface area contributed by atoms with Crippen LogP contribution in [0.2, 0.25) is 0 Å². The minimum atomic E-state index is -0.712. The van der Waals surface area contributed by atoms with Gasteiger partial charge >= 0.3 is 0 Å². The highest BCUT2D eigenvalue weighted by molar-refractivity contribution is 6.14. The third-order valence-electron chi connectivity index (χ3n) is 4.78.